The minimum atomic E-state index is -0.558. The van der Waals surface area contributed by atoms with E-state index >= 15 is 0 Å². The molecule has 3 aromatic rings. The Morgan fingerprint density at radius 3 is 2.90 bits per heavy atom. The summed E-state index contributed by atoms with van der Waals surface area (Å²) in [6.45, 7) is 0. The van der Waals surface area contributed by atoms with Crippen molar-refractivity contribution in [2.45, 2.75) is 0 Å². The molecule has 3 rings (SSSR count). The zero-order valence-electron chi connectivity index (χ0n) is 10.2. The van der Waals surface area contributed by atoms with Crippen LogP contribution >= 0.6 is 11.6 Å². The lowest BCUT2D eigenvalue weighted by molar-refractivity contribution is 0.104. The Kier molecular flexibility index (Phi) is 2.91. The molecule has 6 heteroatoms. The van der Waals surface area contributed by atoms with E-state index in [4.69, 9.17) is 17.3 Å². The number of pyridine rings is 1. The highest BCUT2D eigenvalue weighted by Gasteiger charge is 2.17. The molecule has 0 amide bonds. The van der Waals surface area contributed by atoms with Gasteiger partial charge in [0.15, 0.2) is 5.78 Å². The van der Waals surface area contributed by atoms with Crippen molar-refractivity contribution < 1.29 is 9.18 Å². The second kappa shape index (κ2) is 4.61. The highest BCUT2D eigenvalue weighted by Crippen LogP contribution is 2.27. The van der Waals surface area contributed by atoms with Crippen molar-refractivity contribution in [2.75, 3.05) is 5.73 Å². The average molecular weight is 290 g/mol. The topological polar surface area (TPSA) is 71.8 Å². The summed E-state index contributed by atoms with van der Waals surface area (Å²) < 4.78 is 13.3. The Hall–Kier alpha value is -2.40. The number of aromatic amines is 1. The van der Waals surface area contributed by atoms with Crippen molar-refractivity contribution in [1.29, 1.82) is 0 Å². The molecule has 0 bridgehead atoms. The van der Waals surface area contributed by atoms with Crippen molar-refractivity contribution in [3.63, 3.8) is 0 Å². The van der Waals surface area contributed by atoms with Crippen LogP contribution in [-0.4, -0.2) is 15.8 Å². The van der Waals surface area contributed by atoms with E-state index in [9.17, 15) is 9.18 Å². The van der Waals surface area contributed by atoms with E-state index in [1.807, 2.05) is 0 Å². The summed E-state index contributed by atoms with van der Waals surface area (Å²) >= 11 is 6.09. The van der Waals surface area contributed by atoms with Gasteiger partial charge in [0, 0.05) is 29.0 Å². The molecule has 0 aliphatic carbocycles. The number of nitrogens with two attached hydrogens (primary N) is 1. The largest absolute Gasteiger partial charge is 0.399 e. The number of halogens is 2. The number of aromatic nitrogens is 2. The molecule has 0 atom stereocenters. The lowest BCUT2D eigenvalue weighted by Gasteiger charge is -2.03. The summed E-state index contributed by atoms with van der Waals surface area (Å²) in [5.41, 5.74) is 6.76. The van der Waals surface area contributed by atoms with Crippen molar-refractivity contribution >= 4 is 34.1 Å². The first kappa shape index (κ1) is 12.6. The lowest BCUT2D eigenvalue weighted by atomic mass is 10.0. The number of fused-ring (bicyclic) bond motifs is 1. The smallest absolute Gasteiger partial charge is 0.195 e. The number of anilines is 1. The number of H-pyrrole nitrogens is 1. The molecule has 2 heterocycles. The summed E-state index contributed by atoms with van der Waals surface area (Å²) in [6, 6.07) is 5.31. The van der Waals surface area contributed by atoms with Gasteiger partial charge < -0.3 is 10.7 Å². The van der Waals surface area contributed by atoms with E-state index in [0.29, 0.717) is 21.6 Å². The standard InChI is InChI=1S/C14H9ClFN3O/c15-11-1-2-18-14-12(11)10(6-19-14)13(20)7-3-8(16)5-9(17)4-7/h1-6H,17H2,(H,18,19). The highest BCUT2D eigenvalue weighted by molar-refractivity contribution is 6.37. The Labute approximate surface area is 118 Å². The van der Waals surface area contributed by atoms with Crippen LogP contribution in [0.3, 0.4) is 0 Å². The Morgan fingerprint density at radius 2 is 2.15 bits per heavy atom. The third-order valence-electron chi connectivity index (χ3n) is 2.95. The number of carbonyl (C=O) groups is 1. The maximum Gasteiger partial charge on any atom is 0.195 e. The summed E-state index contributed by atoms with van der Waals surface area (Å²) in [5.74, 6) is -0.922. The SMILES string of the molecule is Nc1cc(F)cc(C(=O)c2c[nH]c3nccc(Cl)c23)c1. The number of benzene rings is 1. The number of hydrogen-bond acceptors (Lipinski definition) is 3. The molecule has 0 fully saturated rings. The molecular formula is C14H9ClFN3O. The van der Waals surface area contributed by atoms with E-state index in [1.165, 1.54) is 18.5 Å². The van der Waals surface area contributed by atoms with Gasteiger partial charge in [0.05, 0.1) is 10.6 Å². The second-order valence-electron chi connectivity index (χ2n) is 4.32. The zero-order chi connectivity index (χ0) is 14.3. The van der Waals surface area contributed by atoms with Crippen LogP contribution in [0.5, 0.6) is 0 Å². The third-order valence-corrected chi connectivity index (χ3v) is 3.26. The summed E-state index contributed by atoms with van der Waals surface area (Å²) in [6.07, 6.45) is 3.04. The van der Waals surface area contributed by atoms with E-state index in [1.54, 1.807) is 6.07 Å². The molecule has 0 unspecified atom stereocenters. The molecule has 3 N–H and O–H groups in total. The van der Waals surface area contributed by atoms with Gasteiger partial charge in [-0.25, -0.2) is 9.37 Å². The zero-order valence-corrected chi connectivity index (χ0v) is 10.9. The molecular weight excluding hydrogens is 281 g/mol. The first-order chi connectivity index (χ1) is 9.56. The fraction of sp³-hybridized carbons (Fsp3) is 0. The van der Waals surface area contributed by atoms with Gasteiger partial charge in [-0.1, -0.05) is 11.6 Å². The van der Waals surface area contributed by atoms with Gasteiger partial charge in [0.2, 0.25) is 0 Å². The molecule has 2 aromatic heterocycles. The van der Waals surface area contributed by atoms with E-state index < -0.39 is 5.82 Å². The number of nitrogens with zero attached hydrogens (tertiary/aromatic N) is 1. The van der Waals surface area contributed by atoms with E-state index in [0.717, 1.165) is 12.1 Å². The highest BCUT2D eigenvalue weighted by atomic mass is 35.5. The van der Waals surface area contributed by atoms with Gasteiger partial charge in [0.1, 0.15) is 11.5 Å². The van der Waals surface area contributed by atoms with Gasteiger partial charge in [0.25, 0.3) is 0 Å². The molecule has 1 aromatic carbocycles. The molecule has 0 saturated carbocycles. The molecule has 100 valence electrons. The van der Waals surface area contributed by atoms with Crippen LogP contribution in [0, 0.1) is 5.82 Å². The summed E-state index contributed by atoms with van der Waals surface area (Å²) in [7, 11) is 0. The molecule has 0 saturated heterocycles. The second-order valence-corrected chi connectivity index (χ2v) is 4.73. The fourth-order valence-electron chi connectivity index (χ4n) is 2.09. The fourth-order valence-corrected chi connectivity index (χ4v) is 2.34. The van der Waals surface area contributed by atoms with Gasteiger partial charge in [-0.05, 0) is 24.3 Å². The van der Waals surface area contributed by atoms with Gasteiger partial charge in [-0.3, -0.25) is 4.79 Å². The number of hydrogen-bond donors (Lipinski definition) is 2. The number of ketones is 1. The minimum absolute atomic E-state index is 0.170. The monoisotopic (exact) mass is 289 g/mol. The van der Waals surface area contributed by atoms with E-state index in [2.05, 4.69) is 9.97 Å². The maximum atomic E-state index is 13.3. The summed E-state index contributed by atoms with van der Waals surface area (Å²) in [5, 5.41) is 0.922. The predicted molar refractivity (Wildman–Crippen MR) is 75.3 cm³/mol. The quantitative estimate of drug-likeness (QED) is 0.562. The van der Waals surface area contributed by atoms with Crippen LogP contribution in [0.1, 0.15) is 15.9 Å². The average Bonchev–Trinajstić information content (AvgIpc) is 2.82. The van der Waals surface area contributed by atoms with Gasteiger partial charge in [-0.2, -0.15) is 0 Å². The van der Waals surface area contributed by atoms with Crippen LogP contribution in [0.4, 0.5) is 10.1 Å². The van der Waals surface area contributed by atoms with Crippen LogP contribution in [0.2, 0.25) is 5.02 Å². The van der Waals surface area contributed by atoms with Crippen molar-refractivity contribution in [1.82, 2.24) is 9.97 Å². The number of carbonyl (C=O) groups excluding carboxylic acids is 1. The number of nitrogens with one attached hydrogen (secondary N) is 1. The molecule has 20 heavy (non-hydrogen) atoms. The van der Waals surface area contributed by atoms with Crippen molar-refractivity contribution in [3.05, 3.63) is 58.6 Å². The minimum Gasteiger partial charge on any atom is -0.399 e. The molecule has 0 spiro atoms. The van der Waals surface area contributed by atoms with Crippen LogP contribution in [0.15, 0.2) is 36.7 Å². The van der Waals surface area contributed by atoms with Gasteiger partial charge in [-0.15, -0.1) is 0 Å². The van der Waals surface area contributed by atoms with Crippen molar-refractivity contribution in [3.8, 4) is 0 Å². The van der Waals surface area contributed by atoms with E-state index in [-0.39, 0.29) is 17.0 Å². The first-order valence-electron chi connectivity index (χ1n) is 5.78. The Balaban J connectivity index is 2.18. The molecule has 4 nitrogen and oxygen atoms in total. The van der Waals surface area contributed by atoms with Crippen LogP contribution in [-0.2, 0) is 0 Å². The summed E-state index contributed by atoms with van der Waals surface area (Å²) in [4.78, 5) is 19.4. The number of rotatable bonds is 2. The number of nitrogen functional groups attached to an aromatic ring is 1. The maximum absolute atomic E-state index is 13.3. The van der Waals surface area contributed by atoms with Crippen LogP contribution < -0.4 is 5.73 Å². The Morgan fingerprint density at radius 1 is 1.35 bits per heavy atom. The third kappa shape index (κ3) is 2.02. The first-order valence-corrected chi connectivity index (χ1v) is 6.16. The normalized spacial score (nSPS) is 10.9. The van der Waals surface area contributed by atoms with Crippen LogP contribution in [0.25, 0.3) is 11.0 Å². The molecule has 0 aliphatic heterocycles. The Bertz CT molecular complexity index is 808. The molecule has 0 aliphatic rings. The van der Waals surface area contributed by atoms with Crippen molar-refractivity contribution in [2.24, 2.45) is 0 Å². The predicted octanol–water partition coefficient (Wildman–Crippen LogP) is 3.17. The lowest BCUT2D eigenvalue weighted by Crippen LogP contribution is -2.02. The van der Waals surface area contributed by atoms with Gasteiger partial charge >= 0.3 is 0 Å². The molecule has 0 radical (unpaired) electrons.